The van der Waals surface area contributed by atoms with Gasteiger partial charge >= 0.3 is 0 Å². The Balaban J connectivity index is 1.24. The minimum absolute atomic E-state index is 0.0516. The van der Waals surface area contributed by atoms with Crippen molar-refractivity contribution in [3.63, 3.8) is 0 Å². The molecule has 0 atom stereocenters. The molecule has 0 bridgehead atoms. The van der Waals surface area contributed by atoms with Gasteiger partial charge < -0.3 is 5.32 Å². The van der Waals surface area contributed by atoms with Crippen molar-refractivity contribution in [3.05, 3.63) is 65.2 Å². The summed E-state index contributed by atoms with van der Waals surface area (Å²) >= 11 is 0. The van der Waals surface area contributed by atoms with E-state index in [1.54, 1.807) is 18.2 Å². The highest BCUT2D eigenvalue weighted by Crippen LogP contribution is 2.38. The standard InChI is InChI=1S/C23H24FN5O3S/c24-20-8-1-15(14-29-9-11-33(31,32)12-10-29)13-19(20)23(30)25-18-6-4-17(5-7-18)22-26-21(27-28-22)16-2-3-16/h1,4-8,13,16H,2-3,9-12,14H2,(H,25,30)(H,26,27,28). The molecule has 3 aromatic rings. The average molecular weight is 470 g/mol. The summed E-state index contributed by atoms with van der Waals surface area (Å²) < 4.78 is 37.6. The first-order chi connectivity index (χ1) is 15.9. The van der Waals surface area contributed by atoms with Crippen LogP contribution in [0.4, 0.5) is 10.1 Å². The predicted octanol–water partition coefficient (Wildman–Crippen LogP) is 2.97. The highest BCUT2D eigenvalue weighted by molar-refractivity contribution is 7.91. The summed E-state index contributed by atoms with van der Waals surface area (Å²) in [5.41, 5.74) is 2.07. The highest BCUT2D eigenvalue weighted by atomic mass is 32.2. The van der Waals surface area contributed by atoms with Gasteiger partial charge in [0.2, 0.25) is 0 Å². The minimum Gasteiger partial charge on any atom is -0.322 e. The van der Waals surface area contributed by atoms with Crippen molar-refractivity contribution in [2.24, 2.45) is 0 Å². The molecular formula is C23H24FN5O3S. The van der Waals surface area contributed by atoms with Gasteiger partial charge in [-0.25, -0.2) is 17.8 Å². The molecule has 172 valence electrons. The third-order valence-corrected chi connectivity index (χ3v) is 7.60. The van der Waals surface area contributed by atoms with E-state index in [0.29, 0.717) is 37.1 Å². The van der Waals surface area contributed by atoms with E-state index in [0.717, 1.165) is 29.8 Å². The Morgan fingerprint density at radius 3 is 2.55 bits per heavy atom. The molecule has 2 fully saturated rings. The zero-order valence-corrected chi connectivity index (χ0v) is 18.7. The van der Waals surface area contributed by atoms with Crippen LogP contribution in [0.5, 0.6) is 0 Å². The Bertz CT molecular complexity index is 1270. The summed E-state index contributed by atoms with van der Waals surface area (Å²) in [5, 5.41) is 9.96. The van der Waals surface area contributed by atoms with Crippen molar-refractivity contribution in [1.29, 1.82) is 0 Å². The van der Waals surface area contributed by atoms with Crippen molar-refractivity contribution in [1.82, 2.24) is 20.1 Å². The van der Waals surface area contributed by atoms with E-state index in [1.807, 2.05) is 17.0 Å². The summed E-state index contributed by atoms with van der Waals surface area (Å²) in [7, 11) is -2.97. The summed E-state index contributed by atoms with van der Waals surface area (Å²) in [6.07, 6.45) is 2.27. The van der Waals surface area contributed by atoms with E-state index < -0.39 is 21.6 Å². The number of H-pyrrole nitrogens is 1. The van der Waals surface area contributed by atoms with Crippen molar-refractivity contribution in [2.75, 3.05) is 29.9 Å². The molecule has 1 amide bonds. The quantitative estimate of drug-likeness (QED) is 0.575. The molecule has 1 aliphatic carbocycles. The van der Waals surface area contributed by atoms with Gasteiger partial charge in [-0.1, -0.05) is 6.07 Å². The van der Waals surface area contributed by atoms with Gasteiger partial charge in [0.05, 0.1) is 17.1 Å². The number of hydrogen-bond acceptors (Lipinski definition) is 6. The van der Waals surface area contributed by atoms with Crippen LogP contribution in [0, 0.1) is 5.82 Å². The van der Waals surface area contributed by atoms with Crippen LogP contribution in [0.3, 0.4) is 0 Å². The van der Waals surface area contributed by atoms with Crippen LogP contribution in [-0.2, 0) is 16.4 Å². The van der Waals surface area contributed by atoms with Crippen LogP contribution in [0.2, 0.25) is 0 Å². The Kier molecular flexibility index (Phi) is 5.71. The number of hydrogen-bond donors (Lipinski definition) is 2. The number of carbonyl (C=O) groups excluding carboxylic acids is 1. The topological polar surface area (TPSA) is 108 Å². The molecule has 10 heteroatoms. The number of nitrogens with one attached hydrogen (secondary N) is 2. The second-order valence-corrected chi connectivity index (χ2v) is 10.9. The Hall–Kier alpha value is -3.11. The first kappa shape index (κ1) is 21.7. The van der Waals surface area contributed by atoms with E-state index in [2.05, 4.69) is 20.5 Å². The molecule has 1 saturated carbocycles. The molecule has 33 heavy (non-hydrogen) atoms. The summed E-state index contributed by atoms with van der Waals surface area (Å²) in [6.45, 7) is 1.32. The third kappa shape index (κ3) is 5.12. The molecular weight excluding hydrogens is 445 g/mol. The molecule has 0 radical (unpaired) electrons. The first-order valence-corrected chi connectivity index (χ1v) is 12.7. The van der Waals surface area contributed by atoms with Gasteiger partial charge in [0.15, 0.2) is 15.7 Å². The maximum atomic E-state index is 14.4. The number of carbonyl (C=O) groups is 1. The van der Waals surface area contributed by atoms with Crippen molar-refractivity contribution < 1.29 is 17.6 Å². The van der Waals surface area contributed by atoms with Crippen molar-refractivity contribution in [3.8, 4) is 11.4 Å². The number of anilines is 1. The maximum absolute atomic E-state index is 14.4. The number of amides is 1. The van der Waals surface area contributed by atoms with Crippen LogP contribution in [-0.4, -0.2) is 59.0 Å². The summed E-state index contributed by atoms with van der Waals surface area (Å²) in [4.78, 5) is 19.2. The van der Waals surface area contributed by atoms with Gasteiger partial charge in [0.1, 0.15) is 11.6 Å². The van der Waals surface area contributed by atoms with Gasteiger partial charge in [0.25, 0.3) is 5.91 Å². The number of benzene rings is 2. The zero-order valence-electron chi connectivity index (χ0n) is 17.9. The van der Waals surface area contributed by atoms with E-state index in [9.17, 15) is 17.6 Å². The Labute approximate surface area is 191 Å². The highest BCUT2D eigenvalue weighted by Gasteiger charge is 2.27. The number of aromatic nitrogens is 3. The van der Waals surface area contributed by atoms with Crippen LogP contribution >= 0.6 is 0 Å². The van der Waals surface area contributed by atoms with Crippen LogP contribution in [0.15, 0.2) is 42.5 Å². The second kappa shape index (κ2) is 8.68. The third-order valence-electron chi connectivity index (χ3n) is 5.99. The fourth-order valence-corrected chi connectivity index (χ4v) is 5.13. The number of halogens is 1. The number of nitrogens with zero attached hydrogens (tertiary/aromatic N) is 3. The predicted molar refractivity (Wildman–Crippen MR) is 122 cm³/mol. The lowest BCUT2D eigenvalue weighted by molar-refractivity contribution is 0.102. The number of aromatic amines is 1. The van der Waals surface area contributed by atoms with Gasteiger partial charge in [0, 0.05) is 36.8 Å². The van der Waals surface area contributed by atoms with Crippen LogP contribution < -0.4 is 5.32 Å². The lowest BCUT2D eigenvalue weighted by Gasteiger charge is -2.26. The molecule has 1 aliphatic heterocycles. The first-order valence-electron chi connectivity index (χ1n) is 10.9. The normalized spacial score (nSPS) is 18.2. The Morgan fingerprint density at radius 2 is 1.85 bits per heavy atom. The van der Waals surface area contributed by atoms with E-state index in [-0.39, 0.29) is 17.1 Å². The molecule has 5 rings (SSSR count). The molecule has 8 nitrogen and oxygen atoms in total. The zero-order chi connectivity index (χ0) is 23.0. The van der Waals surface area contributed by atoms with E-state index >= 15 is 0 Å². The molecule has 1 aromatic heterocycles. The van der Waals surface area contributed by atoms with Gasteiger partial charge in [-0.2, -0.15) is 5.10 Å². The molecule has 2 aliphatic rings. The molecule has 1 saturated heterocycles. The van der Waals surface area contributed by atoms with E-state index in [1.165, 1.54) is 12.1 Å². The number of sulfone groups is 1. The molecule has 0 unspecified atom stereocenters. The van der Waals surface area contributed by atoms with Gasteiger partial charge in [-0.15, -0.1) is 0 Å². The van der Waals surface area contributed by atoms with Crippen LogP contribution in [0.25, 0.3) is 11.4 Å². The smallest absolute Gasteiger partial charge is 0.258 e. The molecule has 2 N–H and O–H groups in total. The fraction of sp³-hybridized carbons (Fsp3) is 0.348. The largest absolute Gasteiger partial charge is 0.322 e. The fourth-order valence-electron chi connectivity index (χ4n) is 3.86. The molecule has 0 spiro atoms. The average Bonchev–Trinajstić information content (AvgIpc) is 3.53. The van der Waals surface area contributed by atoms with Gasteiger partial charge in [-0.05, 0) is 54.8 Å². The molecule has 2 heterocycles. The van der Waals surface area contributed by atoms with Crippen LogP contribution in [0.1, 0.15) is 40.5 Å². The Morgan fingerprint density at radius 1 is 1.12 bits per heavy atom. The summed E-state index contributed by atoms with van der Waals surface area (Å²) in [5.74, 6) is 1.08. The van der Waals surface area contributed by atoms with Crippen molar-refractivity contribution >= 4 is 21.4 Å². The van der Waals surface area contributed by atoms with Gasteiger partial charge in [-0.3, -0.25) is 14.8 Å². The maximum Gasteiger partial charge on any atom is 0.258 e. The summed E-state index contributed by atoms with van der Waals surface area (Å²) in [6, 6.07) is 11.5. The lowest BCUT2D eigenvalue weighted by Crippen LogP contribution is -2.39. The molecule has 2 aromatic carbocycles. The SMILES string of the molecule is O=C(Nc1ccc(-c2n[nH]c(C3CC3)n2)cc1)c1cc(CN2CCS(=O)(=O)CC2)ccc1F. The lowest BCUT2D eigenvalue weighted by atomic mass is 10.1. The van der Waals surface area contributed by atoms with E-state index in [4.69, 9.17) is 0 Å². The van der Waals surface area contributed by atoms with Crippen molar-refractivity contribution in [2.45, 2.75) is 25.3 Å². The minimum atomic E-state index is -2.97. The second-order valence-electron chi connectivity index (χ2n) is 8.59. The number of rotatable bonds is 6. The monoisotopic (exact) mass is 469 g/mol.